The second kappa shape index (κ2) is 8.77. The van der Waals surface area contributed by atoms with Gasteiger partial charge in [-0.2, -0.15) is 0 Å². The number of ether oxygens (including phenoxy) is 2. The second-order valence-electron chi connectivity index (χ2n) is 6.65. The number of nitrogens with zero attached hydrogens (tertiary/aromatic N) is 1. The zero-order chi connectivity index (χ0) is 21.0. The summed E-state index contributed by atoms with van der Waals surface area (Å²) >= 11 is 0. The highest BCUT2D eigenvalue weighted by atomic mass is 19.1. The SMILES string of the molecule is CCOC(=O)C1=C(COc2ccc(C)cc2)N(C)C(=O)N[C@@H]1c1ccccc1F. The molecule has 0 spiro atoms. The third kappa shape index (κ3) is 4.39. The van der Waals surface area contributed by atoms with Crippen LogP contribution in [0.3, 0.4) is 0 Å². The number of benzene rings is 2. The number of esters is 1. The Hall–Kier alpha value is -3.35. The zero-order valence-electron chi connectivity index (χ0n) is 16.6. The number of hydrogen-bond donors (Lipinski definition) is 1. The molecule has 29 heavy (non-hydrogen) atoms. The molecule has 6 nitrogen and oxygen atoms in total. The third-order valence-corrected chi connectivity index (χ3v) is 4.69. The highest BCUT2D eigenvalue weighted by Gasteiger charge is 2.38. The molecule has 0 bridgehead atoms. The van der Waals surface area contributed by atoms with E-state index in [2.05, 4.69) is 5.32 Å². The normalized spacial score (nSPS) is 16.5. The largest absolute Gasteiger partial charge is 0.487 e. The highest BCUT2D eigenvalue weighted by molar-refractivity contribution is 5.95. The Morgan fingerprint density at radius 1 is 1.17 bits per heavy atom. The molecule has 0 aromatic heterocycles. The Labute approximate surface area is 168 Å². The molecule has 2 aromatic carbocycles. The van der Waals surface area contributed by atoms with E-state index < -0.39 is 23.9 Å². The third-order valence-electron chi connectivity index (χ3n) is 4.69. The van der Waals surface area contributed by atoms with Crippen molar-refractivity contribution in [2.24, 2.45) is 0 Å². The fourth-order valence-electron chi connectivity index (χ4n) is 3.11. The standard InChI is InChI=1S/C22H23FN2O4/c1-4-28-21(26)19-18(13-29-15-11-9-14(2)10-12-15)25(3)22(27)24-20(19)16-7-5-6-8-17(16)23/h5-12,20H,4,13H2,1-3H3,(H,24,27)/t20-/m1/s1. The van der Waals surface area contributed by atoms with Crippen molar-refractivity contribution in [1.82, 2.24) is 10.2 Å². The summed E-state index contributed by atoms with van der Waals surface area (Å²) < 4.78 is 25.5. The molecular weight excluding hydrogens is 375 g/mol. The minimum atomic E-state index is -0.976. The fourth-order valence-corrected chi connectivity index (χ4v) is 3.11. The summed E-state index contributed by atoms with van der Waals surface area (Å²) in [6.07, 6.45) is 0. The topological polar surface area (TPSA) is 67.9 Å². The summed E-state index contributed by atoms with van der Waals surface area (Å²) in [4.78, 5) is 26.6. The van der Waals surface area contributed by atoms with Crippen molar-refractivity contribution in [3.63, 3.8) is 0 Å². The van der Waals surface area contributed by atoms with Crippen molar-refractivity contribution in [2.45, 2.75) is 19.9 Å². The maximum Gasteiger partial charge on any atom is 0.338 e. The van der Waals surface area contributed by atoms with Crippen molar-refractivity contribution in [2.75, 3.05) is 20.3 Å². The lowest BCUT2D eigenvalue weighted by Gasteiger charge is -2.34. The van der Waals surface area contributed by atoms with Gasteiger partial charge in [0.05, 0.1) is 23.9 Å². The predicted octanol–water partition coefficient (Wildman–Crippen LogP) is 3.73. The number of carbonyl (C=O) groups is 2. The summed E-state index contributed by atoms with van der Waals surface area (Å²) in [5.74, 6) is -0.564. The van der Waals surface area contributed by atoms with Gasteiger partial charge in [-0.3, -0.25) is 4.90 Å². The molecule has 1 aliphatic rings. The molecule has 7 heteroatoms. The van der Waals surface area contributed by atoms with Crippen LogP contribution in [0.1, 0.15) is 24.1 Å². The molecule has 152 valence electrons. The van der Waals surface area contributed by atoms with E-state index in [0.717, 1.165) is 5.56 Å². The molecule has 0 fully saturated rings. The van der Waals surface area contributed by atoms with Crippen molar-refractivity contribution >= 4 is 12.0 Å². The molecule has 0 radical (unpaired) electrons. The predicted molar refractivity (Wildman–Crippen MR) is 106 cm³/mol. The molecule has 1 atom stereocenters. The first-order valence-corrected chi connectivity index (χ1v) is 9.30. The van der Waals surface area contributed by atoms with E-state index in [1.165, 1.54) is 24.1 Å². The highest BCUT2D eigenvalue weighted by Crippen LogP contribution is 2.32. The first-order valence-electron chi connectivity index (χ1n) is 9.30. The molecule has 1 N–H and O–H groups in total. The van der Waals surface area contributed by atoms with Crippen molar-refractivity contribution in [3.8, 4) is 5.75 Å². The summed E-state index contributed by atoms with van der Waals surface area (Å²) in [7, 11) is 1.53. The second-order valence-corrected chi connectivity index (χ2v) is 6.65. The van der Waals surface area contributed by atoms with Gasteiger partial charge in [0.25, 0.3) is 0 Å². The van der Waals surface area contributed by atoms with Gasteiger partial charge in [-0.1, -0.05) is 35.9 Å². The Balaban J connectivity index is 2.04. The molecule has 2 aromatic rings. The smallest absolute Gasteiger partial charge is 0.338 e. The van der Waals surface area contributed by atoms with E-state index in [9.17, 15) is 14.0 Å². The van der Waals surface area contributed by atoms with Crippen molar-refractivity contribution < 1.29 is 23.5 Å². The maximum absolute atomic E-state index is 14.5. The molecular formula is C22H23FN2O4. The molecule has 3 rings (SSSR count). The van der Waals surface area contributed by atoms with E-state index in [-0.39, 0.29) is 24.4 Å². The lowest BCUT2D eigenvalue weighted by atomic mass is 9.94. The van der Waals surface area contributed by atoms with Gasteiger partial charge in [0.1, 0.15) is 18.2 Å². The lowest BCUT2D eigenvalue weighted by Crippen LogP contribution is -2.48. The van der Waals surface area contributed by atoms with Crippen LogP contribution in [0.2, 0.25) is 0 Å². The molecule has 0 saturated carbocycles. The number of aryl methyl sites for hydroxylation is 1. The average Bonchev–Trinajstić information content (AvgIpc) is 2.70. The van der Waals surface area contributed by atoms with Gasteiger partial charge >= 0.3 is 12.0 Å². The number of rotatable bonds is 6. The van der Waals surface area contributed by atoms with Gasteiger partial charge in [-0.05, 0) is 32.0 Å². The van der Waals surface area contributed by atoms with Crippen LogP contribution >= 0.6 is 0 Å². The number of urea groups is 1. The van der Waals surface area contributed by atoms with E-state index in [1.54, 1.807) is 31.2 Å². The number of carbonyl (C=O) groups excluding carboxylic acids is 2. The quantitative estimate of drug-likeness (QED) is 0.753. The van der Waals surface area contributed by atoms with Gasteiger partial charge in [0, 0.05) is 12.6 Å². The Morgan fingerprint density at radius 2 is 1.86 bits per heavy atom. The lowest BCUT2D eigenvalue weighted by molar-refractivity contribution is -0.139. The Bertz CT molecular complexity index is 940. The number of amides is 2. The van der Waals surface area contributed by atoms with Gasteiger partial charge in [-0.25, -0.2) is 14.0 Å². The Kier molecular flexibility index (Phi) is 6.16. The average molecular weight is 398 g/mol. The van der Waals surface area contributed by atoms with Crippen LogP contribution in [-0.2, 0) is 9.53 Å². The Morgan fingerprint density at radius 3 is 2.52 bits per heavy atom. The minimum Gasteiger partial charge on any atom is -0.487 e. The van der Waals surface area contributed by atoms with E-state index in [4.69, 9.17) is 9.47 Å². The van der Waals surface area contributed by atoms with Crippen molar-refractivity contribution in [1.29, 1.82) is 0 Å². The molecule has 0 unspecified atom stereocenters. The molecule has 1 heterocycles. The monoisotopic (exact) mass is 398 g/mol. The molecule has 2 amide bonds. The van der Waals surface area contributed by atoms with Crippen LogP contribution in [0, 0.1) is 12.7 Å². The van der Waals surface area contributed by atoms with Crippen LogP contribution in [-0.4, -0.2) is 37.2 Å². The molecule has 0 saturated heterocycles. The van der Waals surface area contributed by atoms with Crippen LogP contribution in [0.15, 0.2) is 59.8 Å². The molecule has 0 aliphatic carbocycles. The number of likely N-dealkylation sites (N-methyl/N-ethyl adjacent to an activating group) is 1. The van der Waals surface area contributed by atoms with Crippen LogP contribution in [0.4, 0.5) is 9.18 Å². The van der Waals surface area contributed by atoms with Gasteiger partial charge in [0.2, 0.25) is 0 Å². The first-order chi connectivity index (χ1) is 13.9. The van der Waals surface area contributed by atoms with Crippen LogP contribution in [0.25, 0.3) is 0 Å². The number of nitrogens with one attached hydrogen (secondary N) is 1. The number of halogens is 1. The first kappa shape index (κ1) is 20.4. The summed E-state index contributed by atoms with van der Waals surface area (Å²) in [6, 6.07) is 12.0. The van der Waals surface area contributed by atoms with Crippen molar-refractivity contribution in [3.05, 3.63) is 76.7 Å². The minimum absolute atomic E-state index is 0.0495. The summed E-state index contributed by atoms with van der Waals surface area (Å²) in [5, 5.41) is 2.68. The maximum atomic E-state index is 14.5. The van der Waals surface area contributed by atoms with E-state index in [1.807, 2.05) is 19.1 Å². The van der Waals surface area contributed by atoms with Gasteiger partial charge < -0.3 is 14.8 Å². The van der Waals surface area contributed by atoms with E-state index >= 15 is 0 Å². The summed E-state index contributed by atoms with van der Waals surface area (Å²) in [6.45, 7) is 3.75. The summed E-state index contributed by atoms with van der Waals surface area (Å²) in [5.41, 5.74) is 1.73. The zero-order valence-corrected chi connectivity index (χ0v) is 16.6. The van der Waals surface area contributed by atoms with Gasteiger partial charge in [-0.15, -0.1) is 0 Å². The van der Waals surface area contributed by atoms with Crippen LogP contribution in [0.5, 0.6) is 5.75 Å². The van der Waals surface area contributed by atoms with E-state index in [0.29, 0.717) is 11.4 Å². The van der Waals surface area contributed by atoms with Crippen LogP contribution < -0.4 is 10.1 Å². The fraction of sp³-hybridized carbons (Fsp3) is 0.273. The van der Waals surface area contributed by atoms with Gasteiger partial charge in [0.15, 0.2) is 0 Å². The number of hydrogen-bond acceptors (Lipinski definition) is 4. The molecule has 1 aliphatic heterocycles.